The number of carbonyl (C=O) groups is 1. The van der Waals surface area contributed by atoms with E-state index in [0.717, 1.165) is 6.42 Å². The summed E-state index contributed by atoms with van der Waals surface area (Å²) in [4.78, 5) is 10.9. The van der Waals surface area contributed by atoms with Gasteiger partial charge in [-0.15, -0.1) is 0 Å². The number of rotatable bonds is 6. The number of hydrogen-bond donors (Lipinski definition) is 1. The van der Waals surface area contributed by atoms with Crippen LogP contribution in [-0.2, 0) is 10.2 Å². The molecule has 1 aromatic carbocycles. The van der Waals surface area contributed by atoms with Gasteiger partial charge in [-0.2, -0.15) is 0 Å². The molecule has 0 saturated carbocycles. The molecule has 3 nitrogen and oxygen atoms in total. The molecule has 1 N–H and O–H groups in total. The largest absolute Gasteiger partial charge is 0.479 e. The van der Waals surface area contributed by atoms with E-state index in [9.17, 15) is 4.79 Å². The summed E-state index contributed by atoms with van der Waals surface area (Å²) < 4.78 is 5.43. The fourth-order valence-electron chi connectivity index (χ4n) is 1.66. The summed E-state index contributed by atoms with van der Waals surface area (Å²) in [5, 5.41) is 8.93. The second-order valence-electron chi connectivity index (χ2n) is 5.11. The van der Waals surface area contributed by atoms with Crippen molar-refractivity contribution in [1.29, 1.82) is 0 Å². The summed E-state index contributed by atoms with van der Waals surface area (Å²) in [5.74, 6) is -0.310. The van der Waals surface area contributed by atoms with Gasteiger partial charge in [0.2, 0.25) is 0 Å². The molecule has 0 aliphatic rings. The van der Waals surface area contributed by atoms with Crippen molar-refractivity contribution in [3.05, 3.63) is 29.8 Å². The van der Waals surface area contributed by atoms with Crippen LogP contribution < -0.4 is 4.74 Å². The zero-order chi connectivity index (χ0) is 13.8. The van der Waals surface area contributed by atoms with Crippen molar-refractivity contribution in [3.63, 3.8) is 0 Å². The molecule has 3 heteroatoms. The van der Waals surface area contributed by atoms with Gasteiger partial charge in [0.25, 0.3) is 0 Å². The van der Waals surface area contributed by atoms with Crippen LogP contribution in [0.15, 0.2) is 24.3 Å². The first kappa shape index (κ1) is 14.6. The van der Waals surface area contributed by atoms with Crippen LogP contribution in [0.2, 0.25) is 0 Å². The Labute approximate surface area is 109 Å². The van der Waals surface area contributed by atoms with E-state index >= 15 is 0 Å². The van der Waals surface area contributed by atoms with E-state index < -0.39 is 12.1 Å². The minimum atomic E-state index is -0.921. The Morgan fingerprint density at radius 1 is 1.28 bits per heavy atom. The normalized spacial score (nSPS) is 13.1. The molecule has 0 aliphatic carbocycles. The average Bonchev–Trinajstić information content (AvgIpc) is 2.36. The van der Waals surface area contributed by atoms with Crippen molar-refractivity contribution in [1.82, 2.24) is 0 Å². The topological polar surface area (TPSA) is 46.5 Å². The van der Waals surface area contributed by atoms with Crippen molar-refractivity contribution < 1.29 is 14.6 Å². The second-order valence-corrected chi connectivity index (χ2v) is 5.11. The molecule has 1 aromatic rings. The zero-order valence-corrected chi connectivity index (χ0v) is 11.6. The van der Waals surface area contributed by atoms with Gasteiger partial charge in [-0.1, -0.05) is 39.8 Å². The van der Waals surface area contributed by atoms with E-state index in [-0.39, 0.29) is 5.41 Å². The highest BCUT2D eigenvalue weighted by atomic mass is 16.5. The Bertz CT molecular complexity index is 393. The molecule has 0 heterocycles. The monoisotopic (exact) mass is 250 g/mol. The van der Waals surface area contributed by atoms with Crippen molar-refractivity contribution in [2.75, 3.05) is 0 Å². The van der Waals surface area contributed by atoms with Crippen LogP contribution in [0.1, 0.15) is 46.1 Å². The van der Waals surface area contributed by atoms with Crippen molar-refractivity contribution in [2.45, 2.75) is 52.1 Å². The van der Waals surface area contributed by atoms with Crippen LogP contribution in [-0.4, -0.2) is 17.2 Å². The average molecular weight is 250 g/mol. The van der Waals surface area contributed by atoms with Gasteiger partial charge in [0, 0.05) is 0 Å². The summed E-state index contributed by atoms with van der Waals surface area (Å²) in [5.41, 5.74) is 1.37. The molecule has 0 fully saturated rings. The summed E-state index contributed by atoms with van der Waals surface area (Å²) in [6, 6.07) is 7.71. The van der Waals surface area contributed by atoms with Crippen LogP contribution in [0.25, 0.3) is 0 Å². The number of benzene rings is 1. The van der Waals surface area contributed by atoms with E-state index in [4.69, 9.17) is 9.84 Å². The van der Waals surface area contributed by atoms with E-state index in [1.165, 1.54) is 5.56 Å². The second kappa shape index (κ2) is 5.89. The molecular formula is C15H22O3. The van der Waals surface area contributed by atoms with Gasteiger partial charge in [-0.05, 0) is 36.0 Å². The predicted octanol–water partition coefficient (Wildman–Crippen LogP) is 3.62. The van der Waals surface area contributed by atoms with Crippen LogP contribution in [0.5, 0.6) is 5.75 Å². The molecule has 1 unspecified atom stereocenters. The molecule has 1 atom stereocenters. The highest BCUT2D eigenvalue weighted by Gasteiger charge is 2.19. The van der Waals surface area contributed by atoms with E-state index in [2.05, 4.69) is 20.8 Å². The Morgan fingerprint density at radius 3 is 2.22 bits per heavy atom. The standard InChI is InChI=1S/C15H22O3/c1-5-13(14(16)17)18-12-9-7-11(8-10-12)15(3,4)6-2/h7-10,13H,5-6H2,1-4H3,(H,16,17). The number of carboxylic acid groups (broad SMARTS) is 1. The molecule has 0 radical (unpaired) electrons. The number of aliphatic carboxylic acids is 1. The quantitative estimate of drug-likeness (QED) is 0.838. The molecule has 0 aliphatic heterocycles. The lowest BCUT2D eigenvalue weighted by Crippen LogP contribution is -2.26. The first-order valence-corrected chi connectivity index (χ1v) is 6.40. The lowest BCUT2D eigenvalue weighted by Gasteiger charge is -2.23. The van der Waals surface area contributed by atoms with E-state index in [0.29, 0.717) is 12.2 Å². The molecule has 100 valence electrons. The Kier molecular flexibility index (Phi) is 4.76. The van der Waals surface area contributed by atoms with Crippen LogP contribution in [0, 0.1) is 0 Å². The van der Waals surface area contributed by atoms with Gasteiger partial charge in [0.1, 0.15) is 5.75 Å². The van der Waals surface area contributed by atoms with Crippen molar-refractivity contribution in [3.8, 4) is 5.75 Å². The first-order chi connectivity index (χ1) is 8.40. The maximum absolute atomic E-state index is 10.9. The maximum Gasteiger partial charge on any atom is 0.344 e. The van der Waals surface area contributed by atoms with Gasteiger partial charge < -0.3 is 9.84 Å². The lowest BCUT2D eigenvalue weighted by atomic mass is 9.82. The molecule has 1 rings (SSSR count). The first-order valence-electron chi connectivity index (χ1n) is 6.40. The third-order valence-corrected chi connectivity index (χ3v) is 3.44. The van der Waals surface area contributed by atoms with Crippen LogP contribution >= 0.6 is 0 Å². The summed E-state index contributed by atoms with van der Waals surface area (Å²) in [7, 11) is 0. The Hall–Kier alpha value is -1.51. The molecule has 0 amide bonds. The summed E-state index contributed by atoms with van der Waals surface area (Å²) in [6.07, 6.45) is 0.743. The van der Waals surface area contributed by atoms with Gasteiger partial charge in [-0.3, -0.25) is 0 Å². The van der Waals surface area contributed by atoms with Gasteiger partial charge in [0.15, 0.2) is 6.10 Å². The van der Waals surface area contributed by atoms with Gasteiger partial charge >= 0.3 is 5.97 Å². The zero-order valence-electron chi connectivity index (χ0n) is 11.6. The van der Waals surface area contributed by atoms with Crippen molar-refractivity contribution >= 4 is 5.97 Å². The van der Waals surface area contributed by atoms with Crippen molar-refractivity contribution in [2.24, 2.45) is 0 Å². The number of hydrogen-bond acceptors (Lipinski definition) is 2. The molecule has 0 bridgehead atoms. The highest BCUT2D eigenvalue weighted by Crippen LogP contribution is 2.28. The summed E-state index contributed by atoms with van der Waals surface area (Å²) in [6.45, 7) is 8.33. The third kappa shape index (κ3) is 3.49. The smallest absolute Gasteiger partial charge is 0.344 e. The number of carboxylic acids is 1. The Morgan fingerprint density at radius 2 is 1.83 bits per heavy atom. The molecule has 0 spiro atoms. The molecule has 18 heavy (non-hydrogen) atoms. The minimum absolute atomic E-state index is 0.134. The minimum Gasteiger partial charge on any atom is -0.479 e. The van der Waals surface area contributed by atoms with E-state index in [1.807, 2.05) is 24.3 Å². The van der Waals surface area contributed by atoms with E-state index in [1.54, 1.807) is 6.92 Å². The molecule has 0 aromatic heterocycles. The van der Waals surface area contributed by atoms with Gasteiger partial charge in [-0.25, -0.2) is 4.79 Å². The fourth-order valence-corrected chi connectivity index (χ4v) is 1.66. The predicted molar refractivity (Wildman–Crippen MR) is 72.1 cm³/mol. The SMILES string of the molecule is CCC(Oc1ccc(C(C)(C)CC)cc1)C(=O)O. The third-order valence-electron chi connectivity index (χ3n) is 3.44. The molecular weight excluding hydrogens is 228 g/mol. The Balaban J connectivity index is 2.80. The molecule has 0 saturated heterocycles. The van der Waals surface area contributed by atoms with Gasteiger partial charge in [0.05, 0.1) is 0 Å². The lowest BCUT2D eigenvalue weighted by molar-refractivity contribution is -0.145. The van der Waals surface area contributed by atoms with Crippen LogP contribution in [0.3, 0.4) is 0 Å². The fraction of sp³-hybridized carbons (Fsp3) is 0.533. The summed E-state index contributed by atoms with van der Waals surface area (Å²) >= 11 is 0. The highest BCUT2D eigenvalue weighted by molar-refractivity contribution is 5.72. The maximum atomic E-state index is 10.9. The van der Waals surface area contributed by atoms with Crippen LogP contribution in [0.4, 0.5) is 0 Å². The number of ether oxygens (including phenoxy) is 1.